The van der Waals surface area contributed by atoms with Crippen LogP contribution in [0.1, 0.15) is 24.9 Å². The zero-order valence-corrected chi connectivity index (χ0v) is 16.0. The maximum absolute atomic E-state index is 12.7. The van der Waals surface area contributed by atoms with E-state index in [1.807, 2.05) is 38.1 Å². The maximum atomic E-state index is 12.7. The van der Waals surface area contributed by atoms with E-state index in [-0.39, 0.29) is 5.91 Å². The van der Waals surface area contributed by atoms with Crippen LogP contribution in [0, 0.1) is 6.92 Å². The minimum atomic E-state index is -0.755. The fraction of sp³-hybridized carbons (Fsp3) is 0.238. The van der Waals surface area contributed by atoms with E-state index in [1.165, 1.54) is 6.20 Å². The summed E-state index contributed by atoms with van der Waals surface area (Å²) in [6.45, 7) is 3.81. The van der Waals surface area contributed by atoms with Crippen LogP contribution in [-0.2, 0) is 4.79 Å². The summed E-state index contributed by atoms with van der Waals surface area (Å²) < 4.78 is 6.23. The molecule has 0 radical (unpaired) electrons. The molecule has 28 heavy (non-hydrogen) atoms. The maximum Gasteiger partial charge on any atom is 0.365 e. The molecule has 0 spiro atoms. The van der Waals surface area contributed by atoms with E-state index in [4.69, 9.17) is 4.74 Å². The van der Waals surface area contributed by atoms with Gasteiger partial charge in [-0.2, -0.15) is 10.1 Å². The van der Waals surface area contributed by atoms with Crippen molar-refractivity contribution in [2.75, 3.05) is 12.4 Å². The van der Waals surface area contributed by atoms with Crippen LogP contribution in [0.2, 0.25) is 0 Å². The number of carbonyl (C=O) groups is 1. The first-order chi connectivity index (χ1) is 13.5. The molecule has 144 valence electrons. The Morgan fingerprint density at radius 1 is 1.14 bits per heavy atom. The van der Waals surface area contributed by atoms with Crippen LogP contribution in [0.25, 0.3) is 11.3 Å². The molecule has 0 saturated carbocycles. The van der Waals surface area contributed by atoms with Crippen LogP contribution in [0.15, 0.2) is 59.5 Å². The fourth-order valence-corrected chi connectivity index (χ4v) is 2.80. The van der Waals surface area contributed by atoms with Crippen molar-refractivity contribution in [2.45, 2.75) is 26.3 Å². The van der Waals surface area contributed by atoms with E-state index in [0.717, 1.165) is 15.8 Å². The van der Waals surface area contributed by atoms with Crippen LogP contribution >= 0.6 is 0 Å². The number of nitrogens with one attached hydrogen (secondary N) is 1. The second kappa shape index (κ2) is 8.47. The third-order valence-corrected chi connectivity index (χ3v) is 4.41. The van der Waals surface area contributed by atoms with Crippen LogP contribution in [-0.4, -0.2) is 27.8 Å². The summed E-state index contributed by atoms with van der Waals surface area (Å²) in [7, 11) is 1.58. The number of hydrogen-bond acceptors (Lipinski definition) is 5. The molecule has 0 unspecified atom stereocenters. The van der Waals surface area contributed by atoms with Gasteiger partial charge >= 0.3 is 5.69 Å². The second-order valence-corrected chi connectivity index (χ2v) is 6.38. The predicted molar refractivity (Wildman–Crippen MR) is 107 cm³/mol. The lowest BCUT2D eigenvalue weighted by Gasteiger charge is -2.16. The predicted octanol–water partition coefficient (Wildman–Crippen LogP) is 3.21. The van der Waals surface area contributed by atoms with Gasteiger partial charge in [-0.15, -0.1) is 0 Å². The van der Waals surface area contributed by atoms with Crippen LogP contribution < -0.4 is 15.7 Å². The molecular weight excluding hydrogens is 356 g/mol. The number of hydrogen-bond donors (Lipinski definition) is 1. The highest BCUT2D eigenvalue weighted by Crippen LogP contribution is 2.18. The van der Waals surface area contributed by atoms with Gasteiger partial charge in [-0.25, -0.2) is 9.48 Å². The lowest BCUT2D eigenvalue weighted by molar-refractivity contribution is -0.119. The van der Waals surface area contributed by atoms with Gasteiger partial charge in [0.1, 0.15) is 11.8 Å². The molecule has 7 nitrogen and oxygen atoms in total. The Bertz CT molecular complexity index is 1010. The summed E-state index contributed by atoms with van der Waals surface area (Å²) in [6.07, 6.45) is 1.91. The van der Waals surface area contributed by atoms with Crippen molar-refractivity contribution >= 4 is 11.6 Å². The van der Waals surface area contributed by atoms with E-state index >= 15 is 0 Å². The molecule has 0 aliphatic rings. The smallest absolute Gasteiger partial charge is 0.365 e. The monoisotopic (exact) mass is 378 g/mol. The van der Waals surface area contributed by atoms with Crippen molar-refractivity contribution in [2.24, 2.45) is 0 Å². The van der Waals surface area contributed by atoms with E-state index in [1.54, 1.807) is 31.4 Å². The van der Waals surface area contributed by atoms with E-state index in [0.29, 0.717) is 23.6 Å². The molecule has 1 heterocycles. The molecule has 3 rings (SSSR count). The summed E-state index contributed by atoms with van der Waals surface area (Å²) in [6, 6.07) is 13.9. The quantitative estimate of drug-likeness (QED) is 0.712. The van der Waals surface area contributed by atoms with Gasteiger partial charge in [0.2, 0.25) is 5.91 Å². The number of methoxy groups -OCH3 is 1. The van der Waals surface area contributed by atoms with Gasteiger partial charge < -0.3 is 10.1 Å². The molecule has 2 aromatic carbocycles. The Balaban J connectivity index is 1.82. The topological polar surface area (TPSA) is 86.1 Å². The first kappa shape index (κ1) is 19.3. The highest BCUT2D eigenvalue weighted by Gasteiger charge is 2.22. The van der Waals surface area contributed by atoms with Crippen molar-refractivity contribution in [1.29, 1.82) is 0 Å². The average molecular weight is 378 g/mol. The highest BCUT2D eigenvalue weighted by atomic mass is 16.5. The third kappa shape index (κ3) is 4.25. The lowest BCUT2D eigenvalue weighted by atomic mass is 10.1. The van der Waals surface area contributed by atoms with Crippen molar-refractivity contribution < 1.29 is 9.53 Å². The molecular formula is C21H22N4O3. The minimum absolute atomic E-state index is 0.327. The Hall–Kier alpha value is -3.48. The van der Waals surface area contributed by atoms with Crippen LogP contribution in [0.5, 0.6) is 5.75 Å². The van der Waals surface area contributed by atoms with E-state index in [2.05, 4.69) is 15.4 Å². The van der Waals surface area contributed by atoms with Crippen LogP contribution in [0.4, 0.5) is 5.69 Å². The molecule has 1 N–H and O–H groups in total. The molecule has 0 bridgehead atoms. The number of ether oxygens (including phenoxy) is 1. The number of aryl methyl sites for hydroxylation is 1. The van der Waals surface area contributed by atoms with Gasteiger partial charge in [-0.3, -0.25) is 4.79 Å². The Morgan fingerprint density at radius 2 is 1.82 bits per heavy atom. The molecule has 0 aliphatic carbocycles. The highest BCUT2D eigenvalue weighted by molar-refractivity contribution is 5.93. The zero-order valence-electron chi connectivity index (χ0n) is 16.0. The Labute approximate surface area is 163 Å². The lowest BCUT2D eigenvalue weighted by Crippen LogP contribution is -2.36. The third-order valence-electron chi connectivity index (χ3n) is 4.41. The summed E-state index contributed by atoms with van der Waals surface area (Å²) in [5, 5.41) is 7.00. The first-order valence-corrected chi connectivity index (χ1v) is 8.99. The molecule has 1 atom stereocenters. The number of anilines is 1. The summed E-state index contributed by atoms with van der Waals surface area (Å²) in [5.41, 5.74) is 2.45. The first-order valence-electron chi connectivity index (χ1n) is 8.99. The molecule has 0 saturated heterocycles. The molecule has 0 aliphatic heterocycles. The van der Waals surface area contributed by atoms with E-state index < -0.39 is 11.7 Å². The fourth-order valence-electron chi connectivity index (χ4n) is 2.80. The summed E-state index contributed by atoms with van der Waals surface area (Å²) in [4.78, 5) is 29.3. The number of aromatic nitrogens is 3. The number of carbonyl (C=O) groups excluding carboxylic acids is 1. The van der Waals surface area contributed by atoms with Crippen molar-refractivity contribution in [3.05, 3.63) is 70.8 Å². The molecule has 7 heteroatoms. The average Bonchev–Trinajstić information content (AvgIpc) is 2.71. The minimum Gasteiger partial charge on any atom is -0.497 e. The second-order valence-electron chi connectivity index (χ2n) is 6.38. The van der Waals surface area contributed by atoms with Crippen molar-refractivity contribution in [3.63, 3.8) is 0 Å². The van der Waals surface area contributed by atoms with Gasteiger partial charge in [0.05, 0.1) is 19.0 Å². The van der Waals surface area contributed by atoms with Gasteiger partial charge in [-0.05, 0) is 37.6 Å². The Morgan fingerprint density at radius 3 is 2.39 bits per heavy atom. The standard InChI is InChI=1S/C21H22N4O3/c1-4-19(20(26)23-16-9-11-17(28-3)12-10-16)25-21(27)24-18(13-22-25)15-7-5-14(2)6-8-15/h5-13,19H,4H2,1-3H3,(H,23,26)/t19-/m1/s1. The summed E-state index contributed by atoms with van der Waals surface area (Å²) in [5.74, 6) is 0.367. The summed E-state index contributed by atoms with van der Waals surface area (Å²) >= 11 is 0. The van der Waals surface area contributed by atoms with Gasteiger partial charge in [0, 0.05) is 11.3 Å². The van der Waals surface area contributed by atoms with Gasteiger partial charge in [0.15, 0.2) is 0 Å². The van der Waals surface area contributed by atoms with Gasteiger partial charge in [-0.1, -0.05) is 36.8 Å². The van der Waals surface area contributed by atoms with Crippen molar-refractivity contribution in [3.8, 4) is 17.0 Å². The molecule has 0 fully saturated rings. The van der Waals surface area contributed by atoms with E-state index in [9.17, 15) is 9.59 Å². The molecule has 3 aromatic rings. The van der Waals surface area contributed by atoms with Crippen molar-refractivity contribution in [1.82, 2.24) is 14.8 Å². The molecule has 1 amide bonds. The number of rotatable bonds is 6. The molecule has 1 aromatic heterocycles. The number of nitrogens with zero attached hydrogens (tertiary/aromatic N) is 3. The zero-order chi connectivity index (χ0) is 20.1. The SMILES string of the molecule is CC[C@H](C(=O)Nc1ccc(OC)cc1)n1ncc(-c2ccc(C)cc2)nc1=O. The van der Waals surface area contributed by atoms with Crippen LogP contribution in [0.3, 0.4) is 0 Å². The number of amides is 1. The van der Waals surface area contributed by atoms with Gasteiger partial charge in [0.25, 0.3) is 0 Å². The number of benzene rings is 2. The Kier molecular flexibility index (Phi) is 5.84. The normalized spacial score (nSPS) is 11.7. The largest absolute Gasteiger partial charge is 0.497 e.